The third kappa shape index (κ3) is 11.8. The molecule has 0 aliphatic heterocycles. The van der Waals surface area contributed by atoms with Gasteiger partial charge in [0.1, 0.15) is 6.54 Å². The number of rotatable bonds is 8. The first kappa shape index (κ1) is 12.8. The summed E-state index contributed by atoms with van der Waals surface area (Å²) in [5.41, 5.74) is 5.26. The highest BCUT2D eigenvalue weighted by Crippen LogP contribution is 1.89. The molecule has 0 rings (SSSR count). The lowest BCUT2D eigenvalue weighted by molar-refractivity contribution is -0.870. The summed E-state index contributed by atoms with van der Waals surface area (Å²) in [6, 6.07) is 0. The molecule has 2 N–H and O–H groups in total. The summed E-state index contributed by atoms with van der Waals surface area (Å²) in [4.78, 5) is 0. The SMILES string of the molecule is C[N+](C)(C)CCOCCOCCN. The lowest BCUT2D eigenvalue weighted by atomic mass is 10.5. The summed E-state index contributed by atoms with van der Waals surface area (Å²) in [7, 11) is 6.44. The van der Waals surface area contributed by atoms with E-state index in [0.29, 0.717) is 26.4 Å². The second kappa shape index (κ2) is 7.26. The zero-order chi connectivity index (χ0) is 10.2. The first-order chi connectivity index (χ1) is 6.06. The van der Waals surface area contributed by atoms with Crippen molar-refractivity contribution in [2.45, 2.75) is 0 Å². The van der Waals surface area contributed by atoms with E-state index in [1.54, 1.807) is 0 Å². The monoisotopic (exact) mass is 191 g/mol. The average Bonchev–Trinajstić information content (AvgIpc) is 2.01. The highest BCUT2D eigenvalue weighted by molar-refractivity contribution is 4.34. The summed E-state index contributed by atoms with van der Waals surface area (Å²) >= 11 is 0. The molecule has 13 heavy (non-hydrogen) atoms. The predicted octanol–water partition coefficient (Wildman–Crippen LogP) is -0.315. The number of ether oxygens (including phenoxy) is 2. The minimum Gasteiger partial charge on any atom is -0.378 e. The van der Waals surface area contributed by atoms with Crippen molar-refractivity contribution in [2.75, 3.05) is 60.7 Å². The minimum absolute atomic E-state index is 0.582. The molecule has 0 radical (unpaired) electrons. The van der Waals surface area contributed by atoms with Crippen molar-refractivity contribution in [2.24, 2.45) is 5.73 Å². The fourth-order valence-electron chi connectivity index (χ4n) is 0.744. The summed E-state index contributed by atoms with van der Waals surface area (Å²) in [5, 5.41) is 0. The smallest absolute Gasteiger partial charge is 0.102 e. The normalized spacial score (nSPS) is 12.0. The molecule has 0 aromatic carbocycles. The van der Waals surface area contributed by atoms with Gasteiger partial charge >= 0.3 is 0 Å². The molecule has 4 nitrogen and oxygen atoms in total. The van der Waals surface area contributed by atoms with Crippen molar-refractivity contribution in [1.82, 2.24) is 0 Å². The maximum absolute atomic E-state index is 5.37. The van der Waals surface area contributed by atoms with Gasteiger partial charge in [-0.3, -0.25) is 0 Å². The zero-order valence-corrected chi connectivity index (χ0v) is 9.08. The molecular formula is C9H23N2O2+. The number of nitrogens with two attached hydrogens (primary N) is 1. The summed E-state index contributed by atoms with van der Waals surface area (Å²) in [6.45, 7) is 4.33. The average molecular weight is 191 g/mol. The van der Waals surface area contributed by atoms with Crippen molar-refractivity contribution in [3.8, 4) is 0 Å². The maximum Gasteiger partial charge on any atom is 0.102 e. The Hall–Kier alpha value is -0.160. The molecule has 0 aromatic heterocycles. The van der Waals surface area contributed by atoms with E-state index in [9.17, 15) is 0 Å². The lowest BCUT2D eigenvalue weighted by Gasteiger charge is -2.23. The number of nitrogens with zero attached hydrogens (tertiary/aromatic N) is 1. The van der Waals surface area contributed by atoms with Gasteiger partial charge < -0.3 is 19.7 Å². The number of quaternary nitrogens is 1. The summed E-state index contributed by atoms with van der Waals surface area (Å²) < 4.78 is 11.5. The van der Waals surface area contributed by atoms with E-state index in [4.69, 9.17) is 15.2 Å². The van der Waals surface area contributed by atoms with Gasteiger partial charge in [0, 0.05) is 6.54 Å². The van der Waals surface area contributed by atoms with Crippen molar-refractivity contribution in [1.29, 1.82) is 0 Å². The Kier molecular flexibility index (Phi) is 7.17. The van der Waals surface area contributed by atoms with Crippen LogP contribution in [0.5, 0.6) is 0 Å². The molecule has 0 aromatic rings. The molecular weight excluding hydrogens is 168 g/mol. The van der Waals surface area contributed by atoms with Crippen LogP contribution >= 0.6 is 0 Å². The first-order valence-corrected chi connectivity index (χ1v) is 4.72. The van der Waals surface area contributed by atoms with Gasteiger partial charge in [0.15, 0.2) is 0 Å². The minimum atomic E-state index is 0.582. The van der Waals surface area contributed by atoms with Crippen molar-refractivity contribution in [3.63, 3.8) is 0 Å². The van der Waals surface area contributed by atoms with Crippen LogP contribution in [0.1, 0.15) is 0 Å². The number of hydrogen-bond acceptors (Lipinski definition) is 3. The molecule has 0 aliphatic rings. The fraction of sp³-hybridized carbons (Fsp3) is 1.00. The van der Waals surface area contributed by atoms with E-state index in [0.717, 1.165) is 17.6 Å². The molecule has 0 atom stereocenters. The highest BCUT2D eigenvalue weighted by Gasteiger charge is 2.05. The largest absolute Gasteiger partial charge is 0.378 e. The quantitative estimate of drug-likeness (QED) is 0.422. The molecule has 0 amide bonds. The van der Waals surface area contributed by atoms with Gasteiger partial charge in [-0.05, 0) is 0 Å². The second-order valence-corrected chi connectivity index (χ2v) is 4.03. The Balaban J connectivity index is 3.00. The Labute approximate surface area is 81.2 Å². The van der Waals surface area contributed by atoms with E-state index < -0.39 is 0 Å². The highest BCUT2D eigenvalue weighted by atomic mass is 16.5. The van der Waals surface area contributed by atoms with Gasteiger partial charge in [-0.2, -0.15) is 0 Å². The lowest BCUT2D eigenvalue weighted by Crippen LogP contribution is -2.37. The van der Waals surface area contributed by atoms with E-state index in [1.807, 2.05) is 0 Å². The summed E-state index contributed by atoms with van der Waals surface area (Å²) in [6.07, 6.45) is 0. The fourth-order valence-corrected chi connectivity index (χ4v) is 0.744. The zero-order valence-electron chi connectivity index (χ0n) is 9.08. The third-order valence-corrected chi connectivity index (χ3v) is 1.54. The van der Waals surface area contributed by atoms with Crippen molar-refractivity contribution < 1.29 is 14.0 Å². The molecule has 0 saturated heterocycles. The third-order valence-electron chi connectivity index (χ3n) is 1.54. The molecule has 4 heteroatoms. The topological polar surface area (TPSA) is 44.5 Å². The van der Waals surface area contributed by atoms with Gasteiger partial charge in [0.05, 0.1) is 47.6 Å². The molecule has 0 spiro atoms. The van der Waals surface area contributed by atoms with Crippen LogP contribution in [-0.2, 0) is 9.47 Å². The Bertz CT molecular complexity index is 113. The number of likely N-dealkylation sites (N-methyl/N-ethyl adjacent to an activating group) is 1. The second-order valence-electron chi connectivity index (χ2n) is 4.03. The maximum atomic E-state index is 5.37. The van der Waals surface area contributed by atoms with Crippen LogP contribution in [-0.4, -0.2) is 65.1 Å². The van der Waals surface area contributed by atoms with Gasteiger partial charge in [0.25, 0.3) is 0 Å². The van der Waals surface area contributed by atoms with Crippen LogP contribution in [0.15, 0.2) is 0 Å². The Morgan fingerprint density at radius 3 is 1.92 bits per heavy atom. The van der Waals surface area contributed by atoms with Crippen LogP contribution in [0.4, 0.5) is 0 Å². The molecule has 0 aliphatic carbocycles. The van der Waals surface area contributed by atoms with Gasteiger partial charge in [-0.15, -0.1) is 0 Å². The van der Waals surface area contributed by atoms with Crippen LogP contribution in [0.3, 0.4) is 0 Å². The molecule has 0 unspecified atom stereocenters. The van der Waals surface area contributed by atoms with Crippen LogP contribution in [0, 0.1) is 0 Å². The van der Waals surface area contributed by atoms with Gasteiger partial charge in [-0.25, -0.2) is 0 Å². The Morgan fingerprint density at radius 1 is 0.923 bits per heavy atom. The first-order valence-electron chi connectivity index (χ1n) is 4.72. The molecule has 0 heterocycles. The molecule has 80 valence electrons. The van der Waals surface area contributed by atoms with E-state index in [2.05, 4.69) is 21.1 Å². The standard InChI is InChI=1S/C9H23N2O2/c1-11(2,3)5-7-13-9-8-12-6-4-10/h4-10H2,1-3H3/q+1. The molecule has 0 bridgehead atoms. The van der Waals surface area contributed by atoms with E-state index in [-0.39, 0.29) is 0 Å². The van der Waals surface area contributed by atoms with Gasteiger partial charge in [0.2, 0.25) is 0 Å². The van der Waals surface area contributed by atoms with E-state index in [1.165, 1.54) is 0 Å². The van der Waals surface area contributed by atoms with Crippen LogP contribution in [0.25, 0.3) is 0 Å². The predicted molar refractivity (Wildman–Crippen MR) is 53.6 cm³/mol. The Morgan fingerprint density at radius 2 is 1.46 bits per heavy atom. The number of hydrogen-bond donors (Lipinski definition) is 1. The van der Waals surface area contributed by atoms with Crippen LogP contribution < -0.4 is 5.73 Å². The molecule has 0 saturated carbocycles. The van der Waals surface area contributed by atoms with Crippen molar-refractivity contribution >= 4 is 0 Å². The van der Waals surface area contributed by atoms with Crippen molar-refractivity contribution in [3.05, 3.63) is 0 Å². The molecule has 0 fully saturated rings. The summed E-state index contributed by atoms with van der Waals surface area (Å²) in [5.74, 6) is 0. The van der Waals surface area contributed by atoms with Gasteiger partial charge in [-0.1, -0.05) is 0 Å². The van der Waals surface area contributed by atoms with Crippen LogP contribution in [0.2, 0.25) is 0 Å². The van der Waals surface area contributed by atoms with E-state index >= 15 is 0 Å².